The summed E-state index contributed by atoms with van der Waals surface area (Å²) < 4.78 is 11.9. The zero-order valence-corrected chi connectivity index (χ0v) is 22.8. The minimum Gasteiger partial charge on any atom is -0.465 e. The van der Waals surface area contributed by atoms with Crippen molar-refractivity contribution in [2.24, 2.45) is 5.73 Å². The number of amides is 1. The maximum atomic E-state index is 13.2. The van der Waals surface area contributed by atoms with Gasteiger partial charge in [-0.05, 0) is 68.9 Å². The van der Waals surface area contributed by atoms with E-state index in [0.717, 1.165) is 48.4 Å². The van der Waals surface area contributed by atoms with E-state index in [4.69, 9.17) is 15.2 Å². The molecule has 0 bridgehead atoms. The van der Waals surface area contributed by atoms with E-state index < -0.39 is 5.41 Å². The fourth-order valence-electron chi connectivity index (χ4n) is 5.44. The second-order valence-electron chi connectivity index (χ2n) is 10.7. The van der Waals surface area contributed by atoms with Crippen LogP contribution in [0.1, 0.15) is 56.7 Å². The van der Waals surface area contributed by atoms with Gasteiger partial charge in [0.05, 0.1) is 24.4 Å². The SMILES string of the molecule is C/C=C\Oc1cccc(CO[C@@H]2CCN(C(C)(C)CCC(C(N)=O)(c3ccccc3)c3ccccc3)C2)c1. The van der Waals surface area contributed by atoms with Crippen molar-refractivity contribution in [1.29, 1.82) is 0 Å². The van der Waals surface area contributed by atoms with Crippen LogP contribution in [0.15, 0.2) is 97.3 Å². The highest BCUT2D eigenvalue weighted by Gasteiger charge is 2.43. The van der Waals surface area contributed by atoms with E-state index in [1.807, 2.05) is 91.9 Å². The van der Waals surface area contributed by atoms with Gasteiger partial charge < -0.3 is 15.2 Å². The number of likely N-dealkylation sites (tertiary alicyclic amines) is 1. The third-order valence-electron chi connectivity index (χ3n) is 7.79. The van der Waals surface area contributed by atoms with Gasteiger partial charge in [-0.25, -0.2) is 0 Å². The van der Waals surface area contributed by atoms with Crippen LogP contribution in [0.5, 0.6) is 5.75 Å². The predicted molar refractivity (Wildman–Crippen MR) is 153 cm³/mol. The van der Waals surface area contributed by atoms with Gasteiger partial charge in [0.2, 0.25) is 5.91 Å². The van der Waals surface area contributed by atoms with Crippen LogP contribution in [-0.2, 0) is 21.6 Å². The Bertz CT molecular complexity index is 1170. The highest BCUT2D eigenvalue weighted by molar-refractivity contribution is 5.90. The van der Waals surface area contributed by atoms with Crippen LogP contribution < -0.4 is 10.5 Å². The maximum absolute atomic E-state index is 13.2. The molecule has 1 amide bonds. The average Bonchev–Trinajstić information content (AvgIpc) is 3.43. The molecule has 1 saturated heterocycles. The minimum atomic E-state index is -0.879. The third kappa shape index (κ3) is 6.35. The highest BCUT2D eigenvalue weighted by Crippen LogP contribution is 2.40. The van der Waals surface area contributed by atoms with E-state index in [1.165, 1.54) is 0 Å². The van der Waals surface area contributed by atoms with Crippen LogP contribution in [0.4, 0.5) is 0 Å². The van der Waals surface area contributed by atoms with Crippen molar-refractivity contribution in [3.63, 3.8) is 0 Å². The Balaban J connectivity index is 1.43. The van der Waals surface area contributed by atoms with Crippen LogP contribution in [0, 0.1) is 0 Å². The molecule has 38 heavy (non-hydrogen) atoms. The largest absolute Gasteiger partial charge is 0.465 e. The molecule has 5 nitrogen and oxygen atoms in total. The van der Waals surface area contributed by atoms with E-state index >= 15 is 0 Å². The molecule has 4 rings (SSSR count). The van der Waals surface area contributed by atoms with E-state index in [1.54, 1.807) is 6.26 Å². The van der Waals surface area contributed by atoms with Gasteiger partial charge in [0, 0.05) is 18.6 Å². The monoisotopic (exact) mass is 512 g/mol. The summed E-state index contributed by atoms with van der Waals surface area (Å²) in [6.07, 6.45) is 6.14. The van der Waals surface area contributed by atoms with Gasteiger partial charge in [-0.1, -0.05) is 78.9 Å². The smallest absolute Gasteiger partial charge is 0.232 e. The fraction of sp³-hybridized carbons (Fsp3) is 0.364. The second kappa shape index (κ2) is 12.4. The number of carbonyl (C=O) groups is 1. The van der Waals surface area contributed by atoms with Crippen LogP contribution >= 0.6 is 0 Å². The normalized spacial score (nSPS) is 16.7. The van der Waals surface area contributed by atoms with Gasteiger partial charge >= 0.3 is 0 Å². The molecule has 0 aliphatic carbocycles. The summed E-state index contributed by atoms with van der Waals surface area (Å²) in [5.74, 6) is 0.502. The molecule has 3 aromatic rings. The Morgan fingerprint density at radius 1 is 0.974 bits per heavy atom. The number of rotatable bonds is 12. The molecule has 1 fully saturated rings. The first-order valence-electron chi connectivity index (χ1n) is 13.5. The van der Waals surface area contributed by atoms with E-state index in [9.17, 15) is 4.79 Å². The molecular weight excluding hydrogens is 472 g/mol. The lowest BCUT2D eigenvalue weighted by atomic mass is 9.69. The summed E-state index contributed by atoms with van der Waals surface area (Å²) >= 11 is 0. The predicted octanol–water partition coefficient (Wildman–Crippen LogP) is 6.22. The van der Waals surface area contributed by atoms with Gasteiger partial charge in [-0.3, -0.25) is 9.69 Å². The average molecular weight is 513 g/mol. The van der Waals surface area contributed by atoms with Gasteiger partial charge in [0.25, 0.3) is 0 Å². The summed E-state index contributed by atoms with van der Waals surface area (Å²) in [6, 6.07) is 27.9. The molecule has 0 unspecified atom stereocenters. The molecule has 0 aromatic heterocycles. The van der Waals surface area contributed by atoms with Crippen LogP contribution in [0.25, 0.3) is 0 Å². The Kier molecular flexibility index (Phi) is 9.03. The lowest BCUT2D eigenvalue weighted by Crippen LogP contribution is -2.47. The molecular formula is C33H40N2O3. The molecule has 1 atom stereocenters. The van der Waals surface area contributed by atoms with Crippen molar-refractivity contribution in [3.8, 4) is 5.75 Å². The number of allylic oxidation sites excluding steroid dienone is 1. The first-order valence-corrected chi connectivity index (χ1v) is 13.5. The quantitative estimate of drug-likeness (QED) is 0.293. The first-order chi connectivity index (χ1) is 18.3. The molecule has 0 saturated carbocycles. The zero-order valence-electron chi connectivity index (χ0n) is 22.8. The van der Waals surface area contributed by atoms with Crippen molar-refractivity contribution < 1.29 is 14.3 Å². The first kappa shape index (κ1) is 27.6. The minimum absolute atomic E-state index is 0.122. The number of nitrogens with zero attached hydrogens (tertiary/aromatic N) is 1. The molecule has 3 aromatic carbocycles. The molecule has 1 aliphatic rings. The number of hydrogen-bond donors (Lipinski definition) is 1. The number of benzene rings is 3. The molecule has 5 heteroatoms. The van der Waals surface area contributed by atoms with E-state index in [0.29, 0.717) is 13.0 Å². The van der Waals surface area contributed by atoms with Gasteiger partial charge in [-0.2, -0.15) is 0 Å². The van der Waals surface area contributed by atoms with Gasteiger partial charge in [0.1, 0.15) is 5.75 Å². The summed E-state index contributed by atoms with van der Waals surface area (Å²) in [6.45, 7) is 8.83. The summed E-state index contributed by atoms with van der Waals surface area (Å²) in [5, 5.41) is 0. The van der Waals surface area contributed by atoms with Crippen LogP contribution in [0.2, 0.25) is 0 Å². The number of ether oxygens (including phenoxy) is 2. The van der Waals surface area contributed by atoms with E-state index in [2.05, 4.69) is 24.8 Å². The molecule has 0 spiro atoms. The van der Waals surface area contributed by atoms with Crippen molar-refractivity contribution in [1.82, 2.24) is 4.90 Å². The molecule has 1 aliphatic heterocycles. The summed E-state index contributed by atoms with van der Waals surface area (Å²) in [5.41, 5.74) is 8.17. The molecule has 0 radical (unpaired) electrons. The molecule has 200 valence electrons. The van der Waals surface area contributed by atoms with Crippen LogP contribution in [-0.4, -0.2) is 35.5 Å². The third-order valence-corrected chi connectivity index (χ3v) is 7.79. The lowest BCUT2D eigenvalue weighted by molar-refractivity contribution is -0.122. The zero-order chi connectivity index (χ0) is 27.0. The van der Waals surface area contributed by atoms with Gasteiger partial charge in [0.15, 0.2) is 0 Å². The Hall–Kier alpha value is -3.41. The number of primary amides is 1. The summed E-state index contributed by atoms with van der Waals surface area (Å²) in [7, 11) is 0. The number of nitrogens with two attached hydrogens (primary N) is 1. The van der Waals surface area contributed by atoms with Crippen molar-refractivity contribution in [3.05, 3.63) is 114 Å². The van der Waals surface area contributed by atoms with E-state index in [-0.39, 0.29) is 17.6 Å². The maximum Gasteiger partial charge on any atom is 0.232 e. The Labute approximate surface area is 227 Å². The second-order valence-corrected chi connectivity index (χ2v) is 10.7. The van der Waals surface area contributed by atoms with Crippen molar-refractivity contribution in [2.75, 3.05) is 13.1 Å². The van der Waals surface area contributed by atoms with Crippen molar-refractivity contribution >= 4 is 5.91 Å². The Morgan fingerprint density at radius 2 is 1.63 bits per heavy atom. The molecule has 2 N–H and O–H groups in total. The lowest BCUT2D eigenvalue weighted by Gasteiger charge is -2.40. The summed E-state index contributed by atoms with van der Waals surface area (Å²) in [4.78, 5) is 15.7. The topological polar surface area (TPSA) is 64.8 Å². The Morgan fingerprint density at radius 3 is 2.24 bits per heavy atom. The number of carbonyl (C=O) groups excluding carboxylic acids is 1. The van der Waals surface area contributed by atoms with Crippen molar-refractivity contribution in [2.45, 2.75) is 63.7 Å². The van der Waals surface area contributed by atoms with Crippen LogP contribution in [0.3, 0.4) is 0 Å². The van der Waals surface area contributed by atoms with Gasteiger partial charge in [-0.15, -0.1) is 0 Å². The fourth-order valence-corrected chi connectivity index (χ4v) is 5.44. The number of hydrogen-bond acceptors (Lipinski definition) is 4. The molecule has 1 heterocycles. The highest BCUT2D eigenvalue weighted by atomic mass is 16.5. The standard InChI is InChI=1S/C33H40N2O3/c1-4-22-37-29-17-11-12-26(23-29)25-38-30-18-21-35(24-30)32(2,3)19-20-33(31(34)36,27-13-7-5-8-14-27)28-15-9-6-10-16-28/h4-17,22-23,30H,18-21,24-25H2,1-3H3,(H2,34,36)/b22-4-/t30-/m1/s1.